The van der Waals surface area contributed by atoms with E-state index in [9.17, 15) is 4.79 Å². The van der Waals surface area contributed by atoms with Crippen LogP contribution < -0.4 is 5.32 Å². The van der Waals surface area contributed by atoms with Gasteiger partial charge in [0.15, 0.2) is 0 Å². The molecule has 0 saturated carbocycles. The number of carbonyl (C=O) groups is 1. The van der Waals surface area contributed by atoms with Gasteiger partial charge >= 0.3 is 0 Å². The number of carbonyl (C=O) groups excluding carboxylic acids is 1. The Labute approximate surface area is 128 Å². The summed E-state index contributed by atoms with van der Waals surface area (Å²) in [7, 11) is 0. The van der Waals surface area contributed by atoms with Crippen LogP contribution in [0.3, 0.4) is 0 Å². The maximum Gasteiger partial charge on any atom is 0.275 e. The van der Waals surface area contributed by atoms with E-state index in [4.69, 9.17) is 0 Å². The Bertz CT molecular complexity index is 697. The first-order chi connectivity index (χ1) is 10.2. The van der Waals surface area contributed by atoms with Gasteiger partial charge in [-0.3, -0.25) is 4.79 Å². The van der Waals surface area contributed by atoms with Crippen LogP contribution in [0, 0.1) is 6.92 Å². The highest BCUT2D eigenvalue weighted by atomic mass is 32.1. The topological polar surface area (TPSA) is 41.5 Å². The number of rotatable bonds is 4. The number of thiophene rings is 1. The molecule has 1 aliphatic rings. The molecular weight excluding hydrogens is 280 g/mol. The largest absolute Gasteiger partial charge is 0.309 e. The fourth-order valence-corrected chi connectivity index (χ4v) is 2.81. The molecule has 0 radical (unpaired) electrons. The van der Waals surface area contributed by atoms with Gasteiger partial charge in [0, 0.05) is 11.3 Å². The number of hydrogen-bond donors (Lipinski definition) is 1. The van der Waals surface area contributed by atoms with E-state index in [-0.39, 0.29) is 5.91 Å². The Morgan fingerprint density at radius 1 is 1.19 bits per heavy atom. The van der Waals surface area contributed by atoms with Crippen LogP contribution in [-0.4, -0.2) is 11.7 Å². The molecule has 1 N–H and O–H groups in total. The highest BCUT2D eigenvalue weighted by molar-refractivity contribution is 7.10. The van der Waals surface area contributed by atoms with E-state index in [1.165, 1.54) is 11.1 Å². The van der Waals surface area contributed by atoms with Crippen molar-refractivity contribution in [2.24, 2.45) is 4.99 Å². The van der Waals surface area contributed by atoms with E-state index >= 15 is 0 Å². The number of aliphatic imine (C=N–C) groups is 1. The third-order valence-electron chi connectivity index (χ3n) is 3.34. The number of hydrogen-bond acceptors (Lipinski definition) is 3. The number of aryl methyl sites for hydroxylation is 2. The highest BCUT2D eigenvalue weighted by Crippen LogP contribution is 2.17. The molecule has 1 aromatic carbocycles. The molecule has 0 saturated heterocycles. The van der Waals surface area contributed by atoms with Crippen molar-refractivity contribution in [3.63, 3.8) is 0 Å². The van der Waals surface area contributed by atoms with Gasteiger partial charge in [-0.25, -0.2) is 4.99 Å². The predicted molar refractivity (Wildman–Crippen MR) is 87.4 cm³/mol. The standard InChI is InChI=1S/C17H16N2OS/c1-12-4-6-13(7-5-12)8-9-16-18-15(17(20)19-16)11-14-3-2-10-21-14/h2-7,10-11H,8-9H2,1H3,(H,18,19,20)/b15-11+. The van der Waals surface area contributed by atoms with Crippen molar-refractivity contribution < 1.29 is 4.79 Å². The summed E-state index contributed by atoms with van der Waals surface area (Å²) in [4.78, 5) is 17.3. The predicted octanol–water partition coefficient (Wildman–Crippen LogP) is 3.56. The van der Waals surface area contributed by atoms with Crippen molar-refractivity contribution in [1.82, 2.24) is 5.32 Å². The molecule has 106 valence electrons. The minimum absolute atomic E-state index is 0.109. The second kappa shape index (κ2) is 6.06. The van der Waals surface area contributed by atoms with Crippen molar-refractivity contribution >= 4 is 29.2 Å². The average Bonchev–Trinajstić information content (AvgIpc) is 3.10. The molecule has 0 unspecified atom stereocenters. The van der Waals surface area contributed by atoms with Crippen LogP contribution in [0.4, 0.5) is 0 Å². The van der Waals surface area contributed by atoms with E-state index in [1.807, 2.05) is 23.6 Å². The lowest BCUT2D eigenvalue weighted by molar-refractivity contribution is -0.115. The van der Waals surface area contributed by atoms with Gasteiger partial charge in [-0.2, -0.15) is 0 Å². The smallest absolute Gasteiger partial charge is 0.275 e. The number of amides is 1. The van der Waals surface area contributed by atoms with Gasteiger partial charge in [0.2, 0.25) is 0 Å². The summed E-state index contributed by atoms with van der Waals surface area (Å²) in [6.07, 6.45) is 3.46. The van der Waals surface area contributed by atoms with E-state index in [0.29, 0.717) is 5.70 Å². The summed E-state index contributed by atoms with van der Waals surface area (Å²) in [6, 6.07) is 12.4. The molecule has 2 heterocycles. The van der Waals surface area contributed by atoms with Gasteiger partial charge in [0.25, 0.3) is 5.91 Å². The summed E-state index contributed by atoms with van der Waals surface area (Å²) < 4.78 is 0. The molecule has 3 nitrogen and oxygen atoms in total. The number of nitrogens with zero attached hydrogens (tertiary/aromatic N) is 1. The maximum absolute atomic E-state index is 11.9. The van der Waals surface area contributed by atoms with E-state index in [2.05, 4.69) is 41.5 Å². The molecular formula is C17H16N2OS. The van der Waals surface area contributed by atoms with Gasteiger partial charge in [-0.1, -0.05) is 35.9 Å². The number of nitrogens with one attached hydrogen (secondary N) is 1. The SMILES string of the molecule is Cc1ccc(CCC2=N/C(=C/c3cccs3)C(=O)N2)cc1. The van der Waals surface area contributed by atoms with Gasteiger partial charge in [0.1, 0.15) is 11.5 Å². The first-order valence-corrected chi connectivity index (χ1v) is 7.78. The van der Waals surface area contributed by atoms with Crippen LogP contribution in [0.15, 0.2) is 52.5 Å². The molecule has 1 aromatic heterocycles. The Morgan fingerprint density at radius 2 is 2.00 bits per heavy atom. The Balaban J connectivity index is 1.66. The second-order valence-corrected chi connectivity index (χ2v) is 6.02. The minimum atomic E-state index is -0.109. The average molecular weight is 296 g/mol. The lowest BCUT2D eigenvalue weighted by Crippen LogP contribution is -2.24. The molecule has 1 aliphatic heterocycles. The Hall–Kier alpha value is -2.20. The molecule has 0 fully saturated rings. The second-order valence-electron chi connectivity index (χ2n) is 5.04. The minimum Gasteiger partial charge on any atom is -0.309 e. The van der Waals surface area contributed by atoms with Crippen molar-refractivity contribution in [3.8, 4) is 0 Å². The summed E-state index contributed by atoms with van der Waals surface area (Å²) in [5.74, 6) is 0.644. The highest BCUT2D eigenvalue weighted by Gasteiger charge is 2.19. The van der Waals surface area contributed by atoms with Crippen LogP contribution in [0.2, 0.25) is 0 Å². The Morgan fingerprint density at radius 3 is 2.71 bits per heavy atom. The van der Waals surface area contributed by atoms with E-state index in [0.717, 1.165) is 23.6 Å². The summed E-state index contributed by atoms with van der Waals surface area (Å²) in [5.41, 5.74) is 3.01. The fourth-order valence-electron chi connectivity index (χ4n) is 2.16. The zero-order valence-electron chi connectivity index (χ0n) is 11.8. The first kappa shape index (κ1) is 13.8. The number of amidine groups is 1. The molecule has 0 bridgehead atoms. The van der Waals surface area contributed by atoms with Crippen molar-refractivity contribution in [2.45, 2.75) is 19.8 Å². The van der Waals surface area contributed by atoms with Crippen LogP contribution in [-0.2, 0) is 11.2 Å². The van der Waals surface area contributed by atoms with Crippen molar-refractivity contribution in [3.05, 3.63) is 63.5 Å². The molecule has 1 amide bonds. The molecule has 0 aliphatic carbocycles. The molecule has 0 atom stereocenters. The molecule has 4 heteroatoms. The maximum atomic E-state index is 11.9. The molecule has 3 rings (SSSR count). The van der Waals surface area contributed by atoms with E-state index < -0.39 is 0 Å². The van der Waals surface area contributed by atoms with Crippen molar-refractivity contribution in [2.75, 3.05) is 0 Å². The van der Waals surface area contributed by atoms with Gasteiger partial charge in [-0.15, -0.1) is 11.3 Å². The zero-order valence-corrected chi connectivity index (χ0v) is 12.6. The summed E-state index contributed by atoms with van der Waals surface area (Å²) >= 11 is 1.60. The number of benzene rings is 1. The lowest BCUT2D eigenvalue weighted by Gasteiger charge is -2.02. The van der Waals surface area contributed by atoms with Crippen molar-refractivity contribution in [1.29, 1.82) is 0 Å². The third-order valence-corrected chi connectivity index (χ3v) is 4.16. The van der Waals surface area contributed by atoms with E-state index in [1.54, 1.807) is 11.3 Å². The normalized spacial score (nSPS) is 16.1. The monoisotopic (exact) mass is 296 g/mol. The first-order valence-electron chi connectivity index (χ1n) is 6.90. The summed E-state index contributed by atoms with van der Waals surface area (Å²) in [5, 5.41) is 4.83. The molecule has 2 aromatic rings. The van der Waals surface area contributed by atoms with Gasteiger partial charge in [0.05, 0.1) is 0 Å². The Kier molecular flexibility index (Phi) is 3.97. The van der Waals surface area contributed by atoms with Gasteiger partial charge < -0.3 is 5.32 Å². The summed E-state index contributed by atoms with van der Waals surface area (Å²) in [6.45, 7) is 2.08. The van der Waals surface area contributed by atoms with Crippen LogP contribution in [0.5, 0.6) is 0 Å². The quantitative estimate of drug-likeness (QED) is 0.861. The van der Waals surface area contributed by atoms with Crippen LogP contribution >= 0.6 is 11.3 Å². The molecule has 21 heavy (non-hydrogen) atoms. The zero-order chi connectivity index (χ0) is 14.7. The molecule has 0 spiro atoms. The lowest BCUT2D eigenvalue weighted by atomic mass is 10.1. The third kappa shape index (κ3) is 3.47. The fraction of sp³-hybridized carbons (Fsp3) is 0.176. The van der Waals surface area contributed by atoms with Gasteiger partial charge in [-0.05, 0) is 36.4 Å². The van der Waals surface area contributed by atoms with Crippen LogP contribution in [0.1, 0.15) is 22.4 Å². The van der Waals surface area contributed by atoms with Crippen LogP contribution in [0.25, 0.3) is 6.08 Å².